The topological polar surface area (TPSA) is 101 Å². The van der Waals surface area contributed by atoms with E-state index in [9.17, 15) is 4.79 Å². The number of aryl methyl sites for hydroxylation is 1. The molecule has 2 aromatic carbocycles. The van der Waals surface area contributed by atoms with Crippen molar-refractivity contribution in [2.75, 3.05) is 12.0 Å². The Morgan fingerprint density at radius 2 is 1.97 bits per heavy atom. The predicted octanol–water partition coefficient (Wildman–Crippen LogP) is 3.66. The number of benzene rings is 2. The fraction of sp³-hybridized carbons (Fsp3) is 0.200. The van der Waals surface area contributed by atoms with Gasteiger partial charge in [0.1, 0.15) is 12.3 Å². The average Bonchev–Trinajstić information content (AvgIpc) is 2.71. The van der Waals surface area contributed by atoms with E-state index in [2.05, 4.69) is 41.6 Å². The second-order valence-electron chi connectivity index (χ2n) is 6.00. The summed E-state index contributed by atoms with van der Waals surface area (Å²) in [6, 6.07) is 13.5. The maximum Gasteiger partial charge on any atom is 0.363 e. The van der Waals surface area contributed by atoms with Crippen molar-refractivity contribution in [2.45, 2.75) is 20.5 Å². The zero-order chi connectivity index (χ0) is 20.6. The minimum absolute atomic E-state index is 0.296. The third-order valence-electron chi connectivity index (χ3n) is 3.83. The van der Waals surface area contributed by atoms with E-state index in [1.54, 1.807) is 13.1 Å². The summed E-state index contributed by atoms with van der Waals surface area (Å²) >= 11 is 3.42. The summed E-state index contributed by atoms with van der Waals surface area (Å²) in [5.41, 5.74) is 4.57. The lowest BCUT2D eigenvalue weighted by Gasteiger charge is -2.12. The summed E-state index contributed by atoms with van der Waals surface area (Å²) in [5, 5.41) is 10.2. The lowest BCUT2D eigenvalue weighted by molar-refractivity contribution is 0.269. The smallest absolute Gasteiger partial charge is 0.363 e. The fourth-order valence-electron chi connectivity index (χ4n) is 2.40. The first-order chi connectivity index (χ1) is 14.0. The maximum atomic E-state index is 11.3. The van der Waals surface area contributed by atoms with Gasteiger partial charge in [-0.25, -0.2) is 9.89 Å². The molecule has 0 radical (unpaired) electrons. The van der Waals surface area contributed by atoms with Crippen LogP contribution in [0.5, 0.6) is 11.5 Å². The van der Waals surface area contributed by atoms with Crippen LogP contribution in [-0.4, -0.2) is 28.0 Å². The number of hydrogen-bond acceptors (Lipinski definition) is 7. The Kier molecular flexibility index (Phi) is 6.96. The van der Waals surface area contributed by atoms with Crippen molar-refractivity contribution in [1.29, 1.82) is 0 Å². The molecule has 0 unspecified atom stereocenters. The number of anilines is 1. The Morgan fingerprint density at radius 1 is 1.17 bits per heavy atom. The van der Waals surface area contributed by atoms with Crippen molar-refractivity contribution in [3.8, 4) is 11.5 Å². The molecule has 9 heteroatoms. The van der Waals surface area contributed by atoms with Crippen molar-refractivity contribution in [3.05, 3.63) is 74.2 Å². The molecule has 0 aliphatic carbocycles. The second kappa shape index (κ2) is 9.83. The van der Waals surface area contributed by atoms with Crippen LogP contribution in [0.4, 0.5) is 5.82 Å². The highest BCUT2D eigenvalue weighted by atomic mass is 79.9. The maximum absolute atomic E-state index is 11.3. The lowest BCUT2D eigenvalue weighted by Crippen LogP contribution is -2.15. The first-order valence-electron chi connectivity index (χ1n) is 8.91. The summed E-state index contributed by atoms with van der Waals surface area (Å²) in [5.74, 6) is 1.57. The molecular weight excluding hydrogens is 438 g/mol. The van der Waals surface area contributed by atoms with Crippen LogP contribution in [0.1, 0.15) is 23.7 Å². The summed E-state index contributed by atoms with van der Waals surface area (Å²) in [7, 11) is 0. The van der Waals surface area contributed by atoms with Gasteiger partial charge < -0.3 is 9.47 Å². The number of nitrogens with zero attached hydrogens (tertiary/aromatic N) is 3. The first-order valence-corrected chi connectivity index (χ1v) is 9.71. The van der Waals surface area contributed by atoms with E-state index in [-0.39, 0.29) is 0 Å². The monoisotopic (exact) mass is 457 g/mol. The van der Waals surface area contributed by atoms with Gasteiger partial charge in [0.2, 0.25) is 0 Å². The van der Waals surface area contributed by atoms with E-state index in [4.69, 9.17) is 9.47 Å². The molecule has 0 aliphatic heterocycles. The van der Waals surface area contributed by atoms with Crippen molar-refractivity contribution in [3.63, 3.8) is 0 Å². The van der Waals surface area contributed by atoms with Gasteiger partial charge in [-0.15, -0.1) is 0 Å². The van der Waals surface area contributed by atoms with E-state index in [0.29, 0.717) is 36.2 Å². The minimum Gasteiger partial charge on any atom is -0.490 e. The molecule has 8 nitrogen and oxygen atoms in total. The van der Waals surface area contributed by atoms with E-state index in [1.165, 1.54) is 0 Å². The number of hydrazone groups is 1. The van der Waals surface area contributed by atoms with Crippen molar-refractivity contribution >= 4 is 28.0 Å². The molecule has 3 rings (SSSR count). The highest BCUT2D eigenvalue weighted by molar-refractivity contribution is 9.10. The molecule has 0 bridgehead atoms. The highest BCUT2D eigenvalue weighted by Gasteiger charge is 2.07. The molecule has 0 aliphatic rings. The second-order valence-corrected chi connectivity index (χ2v) is 6.91. The molecule has 0 saturated heterocycles. The number of nitrogens with one attached hydrogen (secondary N) is 2. The van der Waals surface area contributed by atoms with Crippen LogP contribution in [-0.2, 0) is 6.61 Å². The Bertz CT molecular complexity index is 1050. The number of hydrogen-bond donors (Lipinski definition) is 2. The summed E-state index contributed by atoms with van der Waals surface area (Å²) < 4.78 is 12.6. The van der Waals surface area contributed by atoms with Gasteiger partial charge in [-0.05, 0) is 55.3 Å². The van der Waals surface area contributed by atoms with Crippen LogP contribution in [0.15, 0.2) is 56.8 Å². The van der Waals surface area contributed by atoms with Crippen molar-refractivity contribution < 1.29 is 9.47 Å². The highest BCUT2D eigenvalue weighted by Crippen LogP contribution is 2.29. The zero-order valence-corrected chi connectivity index (χ0v) is 17.6. The first kappa shape index (κ1) is 20.5. The molecule has 150 valence electrons. The van der Waals surface area contributed by atoms with Gasteiger partial charge in [-0.1, -0.05) is 28.1 Å². The van der Waals surface area contributed by atoms with Gasteiger partial charge in [-0.3, -0.25) is 5.43 Å². The molecule has 0 atom stereocenters. The molecule has 0 amide bonds. The summed E-state index contributed by atoms with van der Waals surface area (Å²) in [6.07, 6.45) is 1.60. The Hall–Kier alpha value is -3.20. The van der Waals surface area contributed by atoms with Crippen molar-refractivity contribution in [1.82, 2.24) is 15.2 Å². The molecule has 0 saturated carbocycles. The van der Waals surface area contributed by atoms with Gasteiger partial charge in [0.15, 0.2) is 17.3 Å². The third-order valence-corrected chi connectivity index (χ3v) is 4.36. The van der Waals surface area contributed by atoms with Crippen LogP contribution < -0.4 is 20.6 Å². The molecule has 3 aromatic rings. The molecule has 0 spiro atoms. The quantitative estimate of drug-likeness (QED) is 0.395. The fourth-order valence-corrected chi connectivity index (χ4v) is 2.66. The van der Waals surface area contributed by atoms with Crippen molar-refractivity contribution in [2.24, 2.45) is 5.10 Å². The largest absolute Gasteiger partial charge is 0.490 e. The Morgan fingerprint density at radius 3 is 2.72 bits per heavy atom. The molecule has 29 heavy (non-hydrogen) atoms. The summed E-state index contributed by atoms with van der Waals surface area (Å²) in [6.45, 7) is 4.57. The number of H-pyrrole nitrogens is 1. The molecular formula is C20H20BrN5O3. The number of aromatic amines is 1. The SMILES string of the molecule is CCOc1cc(C=NNc2nc(=O)[nH]nc2C)ccc1OCc1ccc(Br)cc1. The zero-order valence-electron chi connectivity index (χ0n) is 16.0. The predicted molar refractivity (Wildman–Crippen MR) is 115 cm³/mol. The molecule has 2 N–H and O–H groups in total. The van der Waals surface area contributed by atoms with E-state index in [1.807, 2.05) is 49.4 Å². The van der Waals surface area contributed by atoms with Gasteiger partial charge >= 0.3 is 5.69 Å². The number of ether oxygens (including phenoxy) is 2. The van der Waals surface area contributed by atoms with Crippen LogP contribution >= 0.6 is 15.9 Å². The van der Waals surface area contributed by atoms with Crippen LogP contribution in [0.25, 0.3) is 0 Å². The number of halogens is 1. The van der Waals surface area contributed by atoms with E-state index < -0.39 is 5.69 Å². The summed E-state index contributed by atoms with van der Waals surface area (Å²) in [4.78, 5) is 15.0. The van der Waals surface area contributed by atoms with Crippen LogP contribution in [0.2, 0.25) is 0 Å². The van der Waals surface area contributed by atoms with Gasteiger partial charge in [0.05, 0.1) is 12.8 Å². The lowest BCUT2D eigenvalue weighted by atomic mass is 10.2. The third kappa shape index (κ3) is 5.89. The standard InChI is InChI=1S/C20H20BrN5O3/c1-3-28-18-10-15(11-22-25-19-13(2)24-26-20(27)23-19)6-9-17(18)29-12-14-4-7-16(21)8-5-14/h4-11H,3,12H2,1-2H3,(H2,23,25,26,27). The van der Waals surface area contributed by atoms with Gasteiger partial charge in [0, 0.05) is 4.47 Å². The molecule has 1 aromatic heterocycles. The van der Waals surface area contributed by atoms with E-state index >= 15 is 0 Å². The number of rotatable bonds is 8. The molecule has 0 fully saturated rings. The normalized spacial score (nSPS) is 10.9. The van der Waals surface area contributed by atoms with E-state index in [0.717, 1.165) is 15.6 Å². The minimum atomic E-state index is -0.542. The van der Waals surface area contributed by atoms with Gasteiger partial charge in [-0.2, -0.15) is 15.2 Å². The van der Waals surface area contributed by atoms with Crippen LogP contribution in [0.3, 0.4) is 0 Å². The number of aromatic nitrogens is 3. The Balaban J connectivity index is 1.70. The average molecular weight is 458 g/mol. The molecule has 1 heterocycles. The van der Waals surface area contributed by atoms with Crippen LogP contribution in [0, 0.1) is 6.92 Å². The Labute approximate surface area is 176 Å². The van der Waals surface area contributed by atoms with Gasteiger partial charge in [0.25, 0.3) is 0 Å².